The SMILES string of the molecule is CCOc1cccc(/C=C2\SC(=O)N(Cc3ccccc3C#N)C2=O)c1. The molecule has 130 valence electrons. The molecule has 0 bridgehead atoms. The molecular formula is C20H16N2O3S. The summed E-state index contributed by atoms with van der Waals surface area (Å²) in [6.07, 6.45) is 1.68. The highest BCUT2D eigenvalue weighted by Gasteiger charge is 2.35. The van der Waals surface area contributed by atoms with Gasteiger partial charge in [-0.15, -0.1) is 0 Å². The second-order valence-corrected chi connectivity index (χ2v) is 6.54. The minimum Gasteiger partial charge on any atom is -0.494 e. The van der Waals surface area contributed by atoms with Crippen LogP contribution in [0.25, 0.3) is 6.08 Å². The molecule has 0 atom stereocenters. The van der Waals surface area contributed by atoms with Crippen molar-refractivity contribution in [2.45, 2.75) is 13.5 Å². The van der Waals surface area contributed by atoms with Crippen molar-refractivity contribution in [2.75, 3.05) is 6.61 Å². The molecule has 1 saturated heterocycles. The number of amides is 2. The lowest BCUT2D eigenvalue weighted by Gasteiger charge is -2.13. The zero-order chi connectivity index (χ0) is 18.5. The molecule has 0 aliphatic carbocycles. The highest BCUT2D eigenvalue weighted by molar-refractivity contribution is 8.18. The number of ether oxygens (including phenoxy) is 1. The van der Waals surface area contributed by atoms with Crippen molar-refractivity contribution >= 4 is 29.0 Å². The third-order valence-corrected chi connectivity index (χ3v) is 4.71. The van der Waals surface area contributed by atoms with Crippen LogP contribution in [0.15, 0.2) is 53.4 Å². The molecule has 0 saturated carbocycles. The summed E-state index contributed by atoms with van der Waals surface area (Å²) in [5, 5.41) is 8.84. The molecule has 1 fully saturated rings. The molecule has 1 heterocycles. The molecule has 0 radical (unpaired) electrons. The number of nitriles is 1. The summed E-state index contributed by atoms with van der Waals surface area (Å²) < 4.78 is 5.46. The van der Waals surface area contributed by atoms with Gasteiger partial charge in [0.2, 0.25) is 0 Å². The van der Waals surface area contributed by atoms with Gasteiger partial charge in [-0.3, -0.25) is 14.5 Å². The second-order valence-electron chi connectivity index (χ2n) is 5.54. The van der Waals surface area contributed by atoms with Crippen LogP contribution in [0.5, 0.6) is 5.75 Å². The maximum absolute atomic E-state index is 12.6. The molecule has 26 heavy (non-hydrogen) atoms. The predicted molar refractivity (Wildman–Crippen MR) is 100 cm³/mol. The zero-order valence-corrected chi connectivity index (χ0v) is 15.0. The first-order valence-electron chi connectivity index (χ1n) is 8.08. The molecule has 0 spiro atoms. The lowest BCUT2D eigenvalue weighted by Crippen LogP contribution is -2.27. The van der Waals surface area contributed by atoms with Gasteiger partial charge in [0.1, 0.15) is 5.75 Å². The van der Waals surface area contributed by atoms with E-state index in [0.717, 1.165) is 17.3 Å². The smallest absolute Gasteiger partial charge is 0.293 e. The van der Waals surface area contributed by atoms with E-state index in [1.807, 2.05) is 31.2 Å². The van der Waals surface area contributed by atoms with E-state index < -0.39 is 0 Å². The van der Waals surface area contributed by atoms with Gasteiger partial charge in [0.05, 0.1) is 29.7 Å². The molecule has 0 unspecified atom stereocenters. The van der Waals surface area contributed by atoms with E-state index in [0.29, 0.717) is 28.4 Å². The van der Waals surface area contributed by atoms with Gasteiger partial charge in [-0.25, -0.2) is 0 Å². The van der Waals surface area contributed by atoms with E-state index in [4.69, 9.17) is 4.74 Å². The standard InChI is InChI=1S/C20H16N2O3S/c1-2-25-17-9-5-6-14(10-17)11-18-19(23)22(20(24)26-18)13-16-8-4-3-7-15(16)12-21/h3-11H,2,13H2,1H3/b18-11-. The molecule has 2 aromatic rings. The van der Waals surface area contributed by atoms with E-state index in [1.54, 1.807) is 30.3 Å². The molecule has 1 aliphatic heterocycles. The first-order chi connectivity index (χ1) is 12.6. The topological polar surface area (TPSA) is 70.4 Å². The monoisotopic (exact) mass is 364 g/mol. The number of imide groups is 1. The largest absolute Gasteiger partial charge is 0.494 e. The Morgan fingerprint density at radius 2 is 2.00 bits per heavy atom. The fourth-order valence-corrected chi connectivity index (χ4v) is 3.42. The minimum absolute atomic E-state index is 0.0880. The number of benzene rings is 2. The number of hydrogen-bond acceptors (Lipinski definition) is 5. The quantitative estimate of drug-likeness (QED) is 0.744. The lowest BCUT2D eigenvalue weighted by molar-refractivity contribution is -0.123. The summed E-state index contributed by atoms with van der Waals surface area (Å²) in [6.45, 7) is 2.54. The number of carbonyl (C=O) groups is 2. The Kier molecular flexibility index (Phi) is 5.40. The van der Waals surface area contributed by atoms with Crippen molar-refractivity contribution in [1.29, 1.82) is 5.26 Å². The molecule has 3 rings (SSSR count). The van der Waals surface area contributed by atoms with Crippen LogP contribution in [0.2, 0.25) is 0 Å². The van der Waals surface area contributed by atoms with E-state index >= 15 is 0 Å². The Labute approximate surface area is 155 Å². The highest BCUT2D eigenvalue weighted by Crippen LogP contribution is 2.34. The number of hydrogen-bond donors (Lipinski definition) is 0. The van der Waals surface area contributed by atoms with Crippen LogP contribution in [-0.4, -0.2) is 22.7 Å². The average molecular weight is 364 g/mol. The van der Waals surface area contributed by atoms with Gasteiger partial charge >= 0.3 is 0 Å². The fraction of sp³-hybridized carbons (Fsp3) is 0.150. The summed E-state index contributed by atoms with van der Waals surface area (Å²) in [4.78, 5) is 26.4. The third kappa shape index (κ3) is 3.79. The van der Waals surface area contributed by atoms with Crippen LogP contribution in [0.4, 0.5) is 4.79 Å². The Bertz CT molecular complexity index is 931. The molecule has 6 heteroatoms. The van der Waals surface area contributed by atoms with Gasteiger partial charge in [0.15, 0.2) is 0 Å². The van der Waals surface area contributed by atoms with Crippen LogP contribution in [0.1, 0.15) is 23.6 Å². The van der Waals surface area contributed by atoms with Crippen molar-refractivity contribution in [2.24, 2.45) is 0 Å². The minimum atomic E-state index is -0.352. The summed E-state index contributed by atoms with van der Waals surface area (Å²) in [5.74, 6) is 0.359. The van der Waals surface area contributed by atoms with Crippen molar-refractivity contribution in [3.05, 3.63) is 70.1 Å². The summed E-state index contributed by atoms with van der Waals surface area (Å²) in [7, 11) is 0. The number of thioether (sulfide) groups is 1. The zero-order valence-electron chi connectivity index (χ0n) is 14.1. The van der Waals surface area contributed by atoms with Gasteiger partial charge in [0.25, 0.3) is 11.1 Å². The van der Waals surface area contributed by atoms with Crippen molar-refractivity contribution < 1.29 is 14.3 Å². The summed E-state index contributed by atoms with van der Waals surface area (Å²) >= 11 is 0.903. The van der Waals surface area contributed by atoms with Crippen LogP contribution in [0, 0.1) is 11.3 Å². The van der Waals surface area contributed by atoms with Crippen LogP contribution in [0.3, 0.4) is 0 Å². The van der Waals surface area contributed by atoms with Gasteiger partial charge in [0, 0.05) is 0 Å². The van der Waals surface area contributed by atoms with E-state index in [1.165, 1.54) is 4.90 Å². The predicted octanol–water partition coefficient (Wildman–Crippen LogP) is 4.19. The molecule has 2 aromatic carbocycles. The van der Waals surface area contributed by atoms with Gasteiger partial charge in [-0.2, -0.15) is 5.26 Å². The molecule has 0 N–H and O–H groups in total. The fourth-order valence-electron chi connectivity index (χ4n) is 2.59. The van der Waals surface area contributed by atoms with E-state index in [9.17, 15) is 14.9 Å². The number of carbonyl (C=O) groups excluding carboxylic acids is 2. The molecule has 2 amide bonds. The van der Waals surface area contributed by atoms with Gasteiger partial charge in [-0.05, 0) is 54.1 Å². The second kappa shape index (κ2) is 7.89. The molecular weight excluding hydrogens is 348 g/mol. The summed E-state index contributed by atoms with van der Waals surface area (Å²) in [5.41, 5.74) is 1.90. The maximum atomic E-state index is 12.6. The lowest BCUT2D eigenvalue weighted by atomic mass is 10.1. The van der Waals surface area contributed by atoms with E-state index in [2.05, 4.69) is 6.07 Å². The Morgan fingerprint density at radius 3 is 2.77 bits per heavy atom. The number of nitrogens with zero attached hydrogens (tertiary/aromatic N) is 2. The first kappa shape index (κ1) is 17.8. The Morgan fingerprint density at radius 1 is 1.19 bits per heavy atom. The van der Waals surface area contributed by atoms with Gasteiger partial charge in [-0.1, -0.05) is 30.3 Å². The first-order valence-corrected chi connectivity index (χ1v) is 8.90. The Balaban J connectivity index is 1.83. The number of rotatable bonds is 5. The normalized spacial score (nSPS) is 15.4. The molecule has 5 nitrogen and oxygen atoms in total. The molecule has 1 aliphatic rings. The van der Waals surface area contributed by atoms with Crippen molar-refractivity contribution in [1.82, 2.24) is 4.90 Å². The average Bonchev–Trinajstić information content (AvgIpc) is 2.90. The highest BCUT2D eigenvalue weighted by atomic mass is 32.2. The van der Waals surface area contributed by atoms with Crippen molar-refractivity contribution in [3.63, 3.8) is 0 Å². The summed E-state index contributed by atoms with van der Waals surface area (Å²) in [6, 6.07) is 16.4. The van der Waals surface area contributed by atoms with E-state index in [-0.39, 0.29) is 17.7 Å². The van der Waals surface area contributed by atoms with Crippen LogP contribution >= 0.6 is 11.8 Å². The van der Waals surface area contributed by atoms with Gasteiger partial charge < -0.3 is 4.74 Å². The molecule has 0 aromatic heterocycles. The maximum Gasteiger partial charge on any atom is 0.293 e. The van der Waals surface area contributed by atoms with Crippen LogP contribution in [-0.2, 0) is 11.3 Å². The van der Waals surface area contributed by atoms with Crippen molar-refractivity contribution in [3.8, 4) is 11.8 Å². The third-order valence-electron chi connectivity index (χ3n) is 3.81. The van der Waals surface area contributed by atoms with Crippen LogP contribution < -0.4 is 4.74 Å². The Hall–Kier alpha value is -3.04.